The molecule has 1 aliphatic rings. The number of sulfone groups is 1. The lowest BCUT2D eigenvalue weighted by molar-refractivity contribution is 0.420. The average Bonchev–Trinajstić information content (AvgIpc) is 2.41. The van der Waals surface area contributed by atoms with Crippen LogP contribution in [0.1, 0.15) is 56.7 Å². The van der Waals surface area contributed by atoms with Crippen LogP contribution in [0.2, 0.25) is 0 Å². The third-order valence-electron chi connectivity index (χ3n) is 4.14. The monoisotopic (exact) mass is 295 g/mol. The maximum atomic E-state index is 11.4. The minimum atomic E-state index is -2.77. The van der Waals surface area contributed by atoms with E-state index in [4.69, 9.17) is 0 Å². The van der Waals surface area contributed by atoms with Crippen LogP contribution in [-0.4, -0.2) is 26.0 Å². The second kappa shape index (κ2) is 6.27. The largest absolute Gasteiger partial charge is 0.307 e. The topological polar surface area (TPSA) is 46.2 Å². The molecule has 20 heavy (non-hydrogen) atoms. The van der Waals surface area contributed by atoms with E-state index in [1.54, 1.807) is 0 Å². The van der Waals surface area contributed by atoms with Gasteiger partial charge in [-0.05, 0) is 36.8 Å². The first-order valence-electron chi connectivity index (χ1n) is 7.44. The van der Waals surface area contributed by atoms with Gasteiger partial charge in [-0.3, -0.25) is 0 Å². The average molecular weight is 295 g/mol. The first kappa shape index (κ1) is 15.5. The summed E-state index contributed by atoms with van der Waals surface area (Å²) < 4.78 is 22.9. The second-order valence-electron chi connectivity index (χ2n) is 6.14. The molecule has 0 spiro atoms. The minimum Gasteiger partial charge on any atom is -0.307 e. The zero-order valence-electron chi connectivity index (χ0n) is 12.6. The Kier molecular flexibility index (Phi) is 4.86. The molecule has 0 saturated carbocycles. The van der Waals surface area contributed by atoms with Crippen LogP contribution in [0.15, 0.2) is 24.3 Å². The molecule has 0 amide bonds. The van der Waals surface area contributed by atoms with Crippen molar-refractivity contribution < 1.29 is 8.42 Å². The minimum absolute atomic E-state index is 0.266. The van der Waals surface area contributed by atoms with Gasteiger partial charge in [0.2, 0.25) is 0 Å². The molecule has 0 aromatic heterocycles. The Morgan fingerprint density at radius 3 is 2.00 bits per heavy atom. The van der Waals surface area contributed by atoms with Crippen LogP contribution >= 0.6 is 0 Å². The summed E-state index contributed by atoms with van der Waals surface area (Å²) in [6.45, 7) is 6.53. The maximum absolute atomic E-state index is 11.4. The number of rotatable bonds is 4. The van der Waals surface area contributed by atoms with Crippen molar-refractivity contribution in [3.05, 3.63) is 35.4 Å². The van der Waals surface area contributed by atoms with Gasteiger partial charge in [-0.2, -0.15) is 0 Å². The zero-order chi connectivity index (χ0) is 14.8. The summed E-state index contributed by atoms with van der Waals surface area (Å²) in [6, 6.07) is 9.30. The molecule has 2 rings (SSSR count). The van der Waals surface area contributed by atoms with Gasteiger partial charge in [0.1, 0.15) is 9.84 Å². The number of hydrogen-bond donors (Lipinski definition) is 1. The molecule has 0 bridgehead atoms. The van der Waals surface area contributed by atoms with Crippen molar-refractivity contribution in [2.75, 3.05) is 11.5 Å². The first-order valence-corrected chi connectivity index (χ1v) is 9.26. The highest BCUT2D eigenvalue weighted by Crippen LogP contribution is 2.21. The van der Waals surface area contributed by atoms with Crippen molar-refractivity contribution in [2.24, 2.45) is 0 Å². The lowest BCUT2D eigenvalue weighted by atomic mass is 9.99. The molecule has 112 valence electrons. The summed E-state index contributed by atoms with van der Waals surface area (Å²) in [5.74, 6) is 1.20. The summed E-state index contributed by atoms with van der Waals surface area (Å²) in [5, 5.41) is 3.56. The maximum Gasteiger partial charge on any atom is 0.150 e. The van der Waals surface area contributed by atoms with Crippen LogP contribution in [0.5, 0.6) is 0 Å². The summed E-state index contributed by atoms with van der Waals surface area (Å²) >= 11 is 0. The molecular formula is C16H25NO2S. The van der Waals surface area contributed by atoms with Crippen LogP contribution in [0.3, 0.4) is 0 Å². The smallest absolute Gasteiger partial charge is 0.150 e. The van der Waals surface area contributed by atoms with Crippen molar-refractivity contribution in [3.8, 4) is 0 Å². The van der Waals surface area contributed by atoms with Gasteiger partial charge in [0.05, 0.1) is 11.5 Å². The van der Waals surface area contributed by atoms with Gasteiger partial charge >= 0.3 is 0 Å². The van der Waals surface area contributed by atoms with Crippen molar-refractivity contribution in [3.63, 3.8) is 0 Å². The van der Waals surface area contributed by atoms with Gasteiger partial charge in [0.15, 0.2) is 0 Å². The molecule has 0 radical (unpaired) electrons. The Morgan fingerprint density at radius 1 is 1.00 bits per heavy atom. The van der Waals surface area contributed by atoms with Gasteiger partial charge in [-0.1, -0.05) is 38.1 Å². The number of hydrogen-bond acceptors (Lipinski definition) is 3. The standard InChI is InChI=1S/C16H25NO2S/c1-12(2)14-4-6-15(7-5-14)13(3)17-16-8-10-20(18,19)11-9-16/h4-7,12-13,16-17H,8-11H2,1-3H3. The van der Waals surface area contributed by atoms with Gasteiger partial charge < -0.3 is 5.32 Å². The molecule has 1 unspecified atom stereocenters. The third kappa shape index (κ3) is 4.06. The van der Waals surface area contributed by atoms with E-state index in [9.17, 15) is 8.42 Å². The predicted molar refractivity (Wildman–Crippen MR) is 83.8 cm³/mol. The molecule has 0 aliphatic carbocycles. The van der Waals surface area contributed by atoms with Crippen molar-refractivity contribution in [1.82, 2.24) is 5.32 Å². The summed E-state index contributed by atoms with van der Waals surface area (Å²) in [5.41, 5.74) is 2.62. The van der Waals surface area contributed by atoms with Gasteiger partial charge in [-0.25, -0.2) is 8.42 Å². The van der Waals surface area contributed by atoms with Crippen molar-refractivity contribution in [1.29, 1.82) is 0 Å². The van der Waals surface area contributed by atoms with E-state index < -0.39 is 9.84 Å². The van der Waals surface area contributed by atoms with Crippen LogP contribution in [-0.2, 0) is 9.84 Å². The van der Waals surface area contributed by atoms with Gasteiger partial charge in [0.25, 0.3) is 0 Å². The predicted octanol–water partition coefficient (Wildman–Crippen LogP) is 3.04. The van der Waals surface area contributed by atoms with E-state index in [2.05, 4.69) is 50.4 Å². The zero-order valence-corrected chi connectivity index (χ0v) is 13.4. The fraction of sp³-hybridized carbons (Fsp3) is 0.625. The van der Waals surface area contributed by atoms with E-state index in [1.165, 1.54) is 11.1 Å². The van der Waals surface area contributed by atoms with Crippen molar-refractivity contribution in [2.45, 2.75) is 51.6 Å². The highest BCUT2D eigenvalue weighted by Gasteiger charge is 2.24. The fourth-order valence-electron chi connectivity index (χ4n) is 2.68. The molecule has 3 nitrogen and oxygen atoms in total. The van der Waals surface area contributed by atoms with Crippen LogP contribution in [0, 0.1) is 0 Å². The Hall–Kier alpha value is -0.870. The fourth-order valence-corrected chi connectivity index (χ4v) is 4.17. The number of benzene rings is 1. The summed E-state index contributed by atoms with van der Waals surface area (Å²) in [6.07, 6.45) is 1.47. The Bertz CT molecular complexity index is 520. The lowest BCUT2D eigenvalue weighted by Gasteiger charge is -2.27. The quantitative estimate of drug-likeness (QED) is 0.928. The highest BCUT2D eigenvalue weighted by molar-refractivity contribution is 7.91. The van der Waals surface area contributed by atoms with Gasteiger partial charge in [0, 0.05) is 12.1 Å². The SMILES string of the molecule is CC(C)c1ccc(C(C)NC2CCS(=O)(=O)CC2)cc1. The van der Waals surface area contributed by atoms with Crippen LogP contribution < -0.4 is 5.32 Å². The molecule has 1 aromatic carbocycles. The van der Waals surface area contributed by atoms with Crippen LogP contribution in [0.25, 0.3) is 0 Å². The Balaban J connectivity index is 1.93. The van der Waals surface area contributed by atoms with E-state index >= 15 is 0 Å². The van der Waals surface area contributed by atoms with Gasteiger partial charge in [-0.15, -0.1) is 0 Å². The van der Waals surface area contributed by atoms with E-state index in [1.807, 2.05) is 0 Å². The van der Waals surface area contributed by atoms with Crippen LogP contribution in [0.4, 0.5) is 0 Å². The summed E-state index contributed by atoms with van der Waals surface area (Å²) in [7, 11) is -2.77. The Morgan fingerprint density at radius 2 is 1.50 bits per heavy atom. The van der Waals surface area contributed by atoms with E-state index in [0.29, 0.717) is 23.5 Å². The summed E-state index contributed by atoms with van der Waals surface area (Å²) in [4.78, 5) is 0. The Labute approximate surface area is 122 Å². The number of nitrogens with one attached hydrogen (secondary N) is 1. The molecule has 1 fully saturated rings. The molecule has 1 N–H and O–H groups in total. The lowest BCUT2D eigenvalue weighted by Crippen LogP contribution is -2.38. The molecule has 1 aromatic rings. The molecular weight excluding hydrogens is 270 g/mol. The third-order valence-corrected chi connectivity index (χ3v) is 5.86. The second-order valence-corrected chi connectivity index (χ2v) is 8.44. The molecule has 1 aliphatic heterocycles. The molecule has 1 heterocycles. The molecule has 1 atom stereocenters. The van der Waals surface area contributed by atoms with Crippen molar-refractivity contribution >= 4 is 9.84 Å². The normalized spacial score (nSPS) is 21.0. The van der Waals surface area contributed by atoms with E-state index in [-0.39, 0.29) is 6.04 Å². The van der Waals surface area contributed by atoms with E-state index in [0.717, 1.165) is 12.8 Å². The molecule has 1 saturated heterocycles. The highest BCUT2D eigenvalue weighted by atomic mass is 32.2. The molecule has 4 heteroatoms. The first-order chi connectivity index (χ1) is 9.37.